The second-order valence-corrected chi connectivity index (χ2v) is 3.03. The fourth-order valence-electron chi connectivity index (χ4n) is 1.09. The Morgan fingerprint density at radius 3 is 2.00 bits per heavy atom. The van der Waals surface area contributed by atoms with Crippen LogP contribution in [0.1, 0.15) is 11.1 Å². The summed E-state index contributed by atoms with van der Waals surface area (Å²) in [5, 5.41) is 0. The largest absolute Gasteiger partial charge is 0.458 e. The lowest BCUT2D eigenvalue weighted by atomic mass is 10.0. The van der Waals surface area contributed by atoms with E-state index in [1.807, 2.05) is 0 Å². The fraction of sp³-hybridized carbons (Fsp3) is 0.333. The van der Waals surface area contributed by atoms with Crippen molar-refractivity contribution in [1.82, 2.24) is 0 Å². The Kier molecular flexibility index (Phi) is 2.71. The lowest BCUT2D eigenvalue weighted by molar-refractivity contribution is -0.289. The maximum Gasteiger partial charge on any atom is 0.458 e. The highest BCUT2D eigenvalue weighted by atomic mass is 19.4. The number of hydrogen-bond donors (Lipinski definition) is 0. The number of alkyl halides is 5. The average Bonchev–Trinajstić information content (AvgIpc) is 2.07. The summed E-state index contributed by atoms with van der Waals surface area (Å²) in [5.41, 5.74) is -1.66. The zero-order valence-corrected chi connectivity index (χ0v) is 7.50. The monoisotopic (exact) mass is 228 g/mol. The van der Waals surface area contributed by atoms with Crippen molar-refractivity contribution < 1.29 is 26.3 Å². The van der Waals surface area contributed by atoms with Gasteiger partial charge in [-0.1, -0.05) is 6.07 Å². The van der Waals surface area contributed by atoms with Crippen LogP contribution in [0.25, 0.3) is 0 Å². The Morgan fingerprint density at radius 2 is 1.53 bits per heavy atom. The van der Waals surface area contributed by atoms with E-state index in [1.165, 1.54) is 0 Å². The predicted molar refractivity (Wildman–Crippen MR) is 41.1 cm³/mol. The van der Waals surface area contributed by atoms with Crippen LogP contribution in [0.3, 0.4) is 0 Å². The first-order chi connectivity index (χ1) is 6.66. The van der Waals surface area contributed by atoms with Gasteiger partial charge in [0.2, 0.25) is 0 Å². The highest BCUT2D eigenvalue weighted by Crippen LogP contribution is 2.44. The van der Waals surface area contributed by atoms with Crippen LogP contribution < -0.4 is 0 Å². The zero-order valence-electron chi connectivity index (χ0n) is 7.50. The van der Waals surface area contributed by atoms with Gasteiger partial charge in [-0.3, -0.25) is 0 Å². The molecule has 1 aromatic carbocycles. The van der Waals surface area contributed by atoms with Crippen molar-refractivity contribution >= 4 is 0 Å². The van der Waals surface area contributed by atoms with Crippen molar-refractivity contribution in [2.24, 2.45) is 0 Å². The molecule has 0 unspecified atom stereocenters. The molecule has 0 aromatic heterocycles. The summed E-state index contributed by atoms with van der Waals surface area (Å²) in [5.74, 6) is -6.15. The van der Waals surface area contributed by atoms with Crippen molar-refractivity contribution in [2.75, 3.05) is 0 Å². The van der Waals surface area contributed by atoms with E-state index >= 15 is 0 Å². The summed E-state index contributed by atoms with van der Waals surface area (Å²) in [6.45, 7) is 1.06. The Balaban J connectivity index is 3.32. The molecule has 1 aromatic rings. The lowest BCUT2D eigenvalue weighted by Crippen LogP contribution is -2.34. The normalized spacial score (nSPS) is 13.0. The second-order valence-electron chi connectivity index (χ2n) is 3.03. The standard InChI is InChI=1S/C9H6F6/c1-5-2-3-6(10)4-7(5)8(11,12)9(13,14)15/h2-4H,1H3. The second kappa shape index (κ2) is 3.43. The number of rotatable bonds is 1. The van der Waals surface area contributed by atoms with Crippen molar-refractivity contribution in [3.63, 3.8) is 0 Å². The zero-order chi connectivity index (χ0) is 11.9. The van der Waals surface area contributed by atoms with Crippen LogP contribution in [-0.2, 0) is 5.92 Å². The molecule has 15 heavy (non-hydrogen) atoms. The highest BCUT2D eigenvalue weighted by Gasteiger charge is 2.59. The van der Waals surface area contributed by atoms with Crippen molar-refractivity contribution in [3.05, 3.63) is 35.1 Å². The lowest BCUT2D eigenvalue weighted by Gasteiger charge is -2.21. The molecule has 0 saturated heterocycles. The van der Waals surface area contributed by atoms with E-state index < -0.39 is 23.5 Å². The molecule has 84 valence electrons. The molecule has 0 nitrogen and oxygen atoms in total. The maximum atomic E-state index is 12.8. The van der Waals surface area contributed by atoms with E-state index in [0.717, 1.165) is 19.1 Å². The van der Waals surface area contributed by atoms with E-state index in [0.29, 0.717) is 0 Å². The summed E-state index contributed by atoms with van der Waals surface area (Å²) in [4.78, 5) is 0. The Bertz CT molecular complexity index is 365. The SMILES string of the molecule is Cc1ccc(F)cc1C(F)(F)C(F)(F)F. The van der Waals surface area contributed by atoms with Gasteiger partial charge in [0, 0.05) is 5.56 Å². The van der Waals surface area contributed by atoms with Crippen LogP contribution in [0.4, 0.5) is 26.3 Å². The third-order valence-corrected chi connectivity index (χ3v) is 1.89. The molecule has 0 aliphatic heterocycles. The molecule has 0 N–H and O–H groups in total. The van der Waals surface area contributed by atoms with Crippen molar-refractivity contribution in [1.29, 1.82) is 0 Å². The predicted octanol–water partition coefficient (Wildman–Crippen LogP) is 3.79. The summed E-state index contributed by atoms with van der Waals surface area (Å²) < 4.78 is 74.1. The van der Waals surface area contributed by atoms with Crippen LogP contribution in [0.2, 0.25) is 0 Å². The van der Waals surface area contributed by atoms with Gasteiger partial charge in [-0.2, -0.15) is 22.0 Å². The quantitative estimate of drug-likeness (QED) is 0.641. The first kappa shape index (κ1) is 11.9. The number of halogens is 6. The first-order valence-corrected chi connectivity index (χ1v) is 3.87. The van der Waals surface area contributed by atoms with E-state index in [4.69, 9.17) is 0 Å². The number of hydrogen-bond acceptors (Lipinski definition) is 0. The van der Waals surface area contributed by atoms with Crippen LogP contribution in [0, 0.1) is 12.7 Å². The molecule has 0 spiro atoms. The van der Waals surface area contributed by atoms with Gasteiger partial charge in [-0.15, -0.1) is 0 Å². The fourth-order valence-corrected chi connectivity index (χ4v) is 1.09. The number of benzene rings is 1. The van der Waals surface area contributed by atoms with Crippen LogP contribution in [0.15, 0.2) is 18.2 Å². The summed E-state index contributed by atoms with van der Waals surface area (Å²) >= 11 is 0. The summed E-state index contributed by atoms with van der Waals surface area (Å²) in [6, 6.07) is 1.90. The molecule has 0 amide bonds. The average molecular weight is 228 g/mol. The van der Waals surface area contributed by atoms with Crippen LogP contribution >= 0.6 is 0 Å². The molecule has 6 heteroatoms. The minimum absolute atomic E-state index is 0.197. The maximum absolute atomic E-state index is 12.8. The van der Waals surface area contributed by atoms with Gasteiger partial charge in [0.25, 0.3) is 0 Å². The van der Waals surface area contributed by atoms with Crippen molar-refractivity contribution in [2.45, 2.75) is 19.0 Å². The van der Waals surface area contributed by atoms with Gasteiger partial charge < -0.3 is 0 Å². The Hall–Kier alpha value is -1.20. The Labute approximate surface area is 81.5 Å². The number of aryl methyl sites for hydroxylation is 1. The molecular weight excluding hydrogens is 222 g/mol. The third kappa shape index (κ3) is 2.08. The van der Waals surface area contributed by atoms with Gasteiger partial charge in [0.05, 0.1) is 0 Å². The van der Waals surface area contributed by atoms with Crippen LogP contribution in [-0.4, -0.2) is 6.18 Å². The molecule has 0 atom stereocenters. The summed E-state index contributed by atoms with van der Waals surface area (Å²) in [6.07, 6.45) is -5.72. The topological polar surface area (TPSA) is 0 Å². The van der Waals surface area contributed by atoms with Gasteiger partial charge in [-0.25, -0.2) is 4.39 Å². The molecule has 0 radical (unpaired) electrons. The molecule has 0 fully saturated rings. The van der Waals surface area contributed by atoms with Gasteiger partial charge >= 0.3 is 12.1 Å². The van der Waals surface area contributed by atoms with Crippen molar-refractivity contribution in [3.8, 4) is 0 Å². The molecule has 0 saturated carbocycles. The van der Waals surface area contributed by atoms with E-state index in [2.05, 4.69) is 0 Å². The Morgan fingerprint density at radius 1 is 1.00 bits per heavy atom. The van der Waals surface area contributed by atoms with Gasteiger partial charge in [0.1, 0.15) is 5.82 Å². The van der Waals surface area contributed by atoms with Crippen LogP contribution in [0.5, 0.6) is 0 Å². The molecule has 0 aliphatic carbocycles. The highest BCUT2D eigenvalue weighted by molar-refractivity contribution is 5.31. The van der Waals surface area contributed by atoms with E-state index in [1.54, 1.807) is 0 Å². The first-order valence-electron chi connectivity index (χ1n) is 3.87. The molecule has 0 bridgehead atoms. The van der Waals surface area contributed by atoms with E-state index in [-0.39, 0.29) is 11.6 Å². The summed E-state index contributed by atoms with van der Waals surface area (Å²) in [7, 11) is 0. The molecule has 1 rings (SSSR count). The third-order valence-electron chi connectivity index (χ3n) is 1.89. The molecule has 0 aliphatic rings. The minimum Gasteiger partial charge on any atom is -0.207 e. The van der Waals surface area contributed by atoms with E-state index in [9.17, 15) is 26.3 Å². The molecule has 0 heterocycles. The van der Waals surface area contributed by atoms with Gasteiger partial charge in [-0.05, 0) is 24.6 Å². The molecular formula is C9H6F6. The smallest absolute Gasteiger partial charge is 0.207 e. The minimum atomic E-state index is -5.72. The van der Waals surface area contributed by atoms with Gasteiger partial charge in [0.15, 0.2) is 0 Å².